The van der Waals surface area contributed by atoms with Gasteiger partial charge in [0.15, 0.2) is 6.04 Å². The Kier molecular flexibility index (Phi) is 5.05. The van der Waals surface area contributed by atoms with Gasteiger partial charge >= 0.3 is 0 Å². The van der Waals surface area contributed by atoms with Gasteiger partial charge in [0.1, 0.15) is 5.75 Å². The number of nitrogens with zero attached hydrogens (tertiary/aromatic N) is 1. The largest absolute Gasteiger partial charge is 0.497 e. The molecule has 1 heterocycles. The Labute approximate surface area is 130 Å². The molecule has 8 heteroatoms. The Balaban J connectivity index is 2.07. The van der Waals surface area contributed by atoms with Crippen molar-refractivity contribution in [2.45, 2.75) is 17.9 Å². The smallest absolute Gasteiger partial charge is 0.275 e. The average molecular weight is 328 g/mol. The van der Waals surface area contributed by atoms with Gasteiger partial charge in [-0.3, -0.25) is 4.79 Å². The first-order chi connectivity index (χ1) is 10.4. The number of sulfonamides is 1. The first kappa shape index (κ1) is 16.7. The molecule has 122 valence electrons. The van der Waals surface area contributed by atoms with Crippen LogP contribution in [0.25, 0.3) is 0 Å². The molecule has 1 amide bonds. The highest BCUT2D eigenvalue weighted by atomic mass is 32.2. The van der Waals surface area contributed by atoms with Gasteiger partial charge in [-0.15, -0.1) is 0 Å². The van der Waals surface area contributed by atoms with Crippen LogP contribution in [0.5, 0.6) is 5.75 Å². The third kappa shape index (κ3) is 3.40. The predicted molar refractivity (Wildman–Crippen MR) is 81.1 cm³/mol. The third-order valence-electron chi connectivity index (χ3n) is 4.10. The van der Waals surface area contributed by atoms with Crippen LogP contribution in [0.2, 0.25) is 0 Å². The zero-order valence-corrected chi connectivity index (χ0v) is 13.6. The van der Waals surface area contributed by atoms with Gasteiger partial charge < -0.3 is 15.4 Å². The van der Waals surface area contributed by atoms with E-state index in [1.165, 1.54) is 11.4 Å². The number of methoxy groups -OCH3 is 1. The summed E-state index contributed by atoms with van der Waals surface area (Å²) in [6.07, 6.45) is 0. The summed E-state index contributed by atoms with van der Waals surface area (Å²) in [5, 5.41) is 0. The van der Waals surface area contributed by atoms with E-state index in [0.717, 1.165) is 4.90 Å². The molecule has 1 aliphatic rings. The maximum absolute atomic E-state index is 12.6. The molecule has 1 saturated heterocycles. The lowest BCUT2D eigenvalue weighted by Crippen LogP contribution is -3.19. The Bertz CT molecular complexity index is 622. The molecule has 0 aromatic heterocycles. The topological polar surface area (TPSA) is 94.1 Å². The molecule has 0 saturated carbocycles. The molecule has 0 spiro atoms. The number of amides is 1. The zero-order valence-electron chi connectivity index (χ0n) is 12.8. The fraction of sp³-hybridized carbons (Fsp3) is 0.500. The maximum atomic E-state index is 12.6. The van der Waals surface area contributed by atoms with E-state index in [1.807, 2.05) is 0 Å². The summed E-state index contributed by atoms with van der Waals surface area (Å²) in [5.74, 6) is 0.255. The van der Waals surface area contributed by atoms with Crippen molar-refractivity contribution < 1.29 is 22.8 Å². The minimum atomic E-state index is -3.51. The van der Waals surface area contributed by atoms with Crippen molar-refractivity contribution in [2.75, 3.05) is 33.3 Å². The molecule has 3 N–H and O–H groups in total. The summed E-state index contributed by atoms with van der Waals surface area (Å²) in [6.45, 7) is 3.66. The quantitative estimate of drug-likeness (QED) is 0.685. The van der Waals surface area contributed by atoms with E-state index >= 15 is 0 Å². The molecular weight excluding hydrogens is 306 g/mol. The SMILES string of the molecule is COc1ccc(S(=O)(=O)N2CC[NH+]([C@H](C)C(N)=O)CC2)cc1. The fourth-order valence-corrected chi connectivity index (χ4v) is 3.99. The summed E-state index contributed by atoms with van der Waals surface area (Å²) in [6, 6.07) is 6.04. The Hall–Kier alpha value is -1.64. The van der Waals surface area contributed by atoms with Gasteiger partial charge in [0.25, 0.3) is 5.91 Å². The van der Waals surface area contributed by atoms with Crippen molar-refractivity contribution in [1.29, 1.82) is 0 Å². The van der Waals surface area contributed by atoms with Crippen LogP contribution in [0, 0.1) is 0 Å². The molecule has 7 nitrogen and oxygen atoms in total. The lowest BCUT2D eigenvalue weighted by molar-refractivity contribution is -0.917. The van der Waals surface area contributed by atoms with E-state index in [2.05, 4.69) is 0 Å². The van der Waals surface area contributed by atoms with E-state index < -0.39 is 10.0 Å². The standard InChI is InChI=1S/C14H21N3O4S/c1-11(14(15)18)16-7-9-17(10-8-16)22(19,20)13-5-3-12(21-2)4-6-13/h3-6,11H,7-10H2,1-2H3,(H2,15,18)/p+1/t11-/m1/s1. The number of rotatable bonds is 5. The third-order valence-corrected chi connectivity index (χ3v) is 6.01. The number of quaternary nitrogens is 1. The number of benzene rings is 1. The summed E-state index contributed by atoms with van der Waals surface area (Å²) >= 11 is 0. The number of piperazine rings is 1. The molecule has 0 radical (unpaired) electrons. The number of hydrogen-bond acceptors (Lipinski definition) is 4. The van der Waals surface area contributed by atoms with Gasteiger partial charge in [-0.2, -0.15) is 4.31 Å². The van der Waals surface area contributed by atoms with Gasteiger partial charge in [0, 0.05) is 0 Å². The predicted octanol–water partition coefficient (Wildman–Crippen LogP) is -1.54. The van der Waals surface area contributed by atoms with Gasteiger partial charge in [0.05, 0.1) is 38.2 Å². The second-order valence-electron chi connectivity index (χ2n) is 5.36. The zero-order chi connectivity index (χ0) is 16.3. The van der Waals surface area contributed by atoms with Crippen molar-refractivity contribution >= 4 is 15.9 Å². The number of ether oxygens (including phenoxy) is 1. The number of primary amides is 1. The minimum absolute atomic E-state index is 0.250. The number of nitrogens with one attached hydrogen (secondary N) is 1. The molecule has 22 heavy (non-hydrogen) atoms. The Morgan fingerprint density at radius 3 is 2.27 bits per heavy atom. The van der Waals surface area contributed by atoms with Crippen molar-refractivity contribution in [3.63, 3.8) is 0 Å². The molecule has 1 aromatic rings. The number of carbonyl (C=O) groups is 1. The summed E-state index contributed by atoms with van der Waals surface area (Å²) in [5.41, 5.74) is 5.30. The van der Waals surface area contributed by atoms with Crippen LogP contribution in [0.3, 0.4) is 0 Å². The number of nitrogens with two attached hydrogens (primary N) is 1. The highest BCUT2D eigenvalue weighted by Gasteiger charge is 2.33. The summed E-state index contributed by atoms with van der Waals surface area (Å²) in [4.78, 5) is 12.5. The molecule has 1 aliphatic heterocycles. The van der Waals surface area contributed by atoms with Crippen LogP contribution >= 0.6 is 0 Å². The van der Waals surface area contributed by atoms with E-state index in [4.69, 9.17) is 10.5 Å². The van der Waals surface area contributed by atoms with E-state index in [-0.39, 0.29) is 16.8 Å². The van der Waals surface area contributed by atoms with E-state index in [1.54, 1.807) is 31.2 Å². The fourth-order valence-electron chi connectivity index (χ4n) is 2.54. The van der Waals surface area contributed by atoms with E-state index in [9.17, 15) is 13.2 Å². The molecule has 2 rings (SSSR count). The van der Waals surface area contributed by atoms with Gasteiger partial charge in [-0.25, -0.2) is 8.42 Å². The first-order valence-electron chi connectivity index (χ1n) is 7.14. The van der Waals surface area contributed by atoms with Crippen LogP contribution in [-0.4, -0.2) is 58.0 Å². The highest BCUT2D eigenvalue weighted by Crippen LogP contribution is 2.19. The molecule has 0 aliphatic carbocycles. The monoisotopic (exact) mass is 328 g/mol. The first-order valence-corrected chi connectivity index (χ1v) is 8.58. The Morgan fingerprint density at radius 2 is 1.82 bits per heavy atom. The minimum Gasteiger partial charge on any atom is -0.497 e. The second-order valence-corrected chi connectivity index (χ2v) is 7.30. The van der Waals surface area contributed by atoms with E-state index in [0.29, 0.717) is 31.9 Å². The Morgan fingerprint density at radius 1 is 1.27 bits per heavy atom. The van der Waals surface area contributed by atoms with Crippen LogP contribution in [0.15, 0.2) is 29.2 Å². The lowest BCUT2D eigenvalue weighted by Gasteiger charge is -2.33. The van der Waals surface area contributed by atoms with Gasteiger partial charge in [-0.1, -0.05) is 0 Å². The number of carbonyl (C=O) groups excluding carboxylic acids is 1. The molecule has 0 bridgehead atoms. The lowest BCUT2D eigenvalue weighted by atomic mass is 10.2. The molecular formula is C14H22N3O4S+. The number of hydrogen-bond donors (Lipinski definition) is 2. The highest BCUT2D eigenvalue weighted by molar-refractivity contribution is 7.89. The summed E-state index contributed by atoms with van der Waals surface area (Å²) < 4.78 is 31.6. The van der Waals surface area contributed by atoms with Crippen molar-refractivity contribution in [3.8, 4) is 5.75 Å². The average Bonchev–Trinajstić information content (AvgIpc) is 2.54. The van der Waals surface area contributed by atoms with Crippen LogP contribution in [0.4, 0.5) is 0 Å². The van der Waals surface area contributed by atoms with Crippen molar-refractivity contribution in [3.05, 3.63) is 24.3 Å². The molecule has 1 atom stereocenters. The summed E-state index contributed by atoms with van der Waals surface area (Å²) in [7, 11) is -1.97. The molecule has 1 fully saturated rings. The normalized spacial score (nSPS) is 18.8. The van der Waals surface area contributed by atoms with Crippen molar-refractivity contribution in [1.82, 2.24) is 4.31 Å². The van der Waals surface area contributed by atoms with Gasteiger partial charge in [-0.05, 0) is 31.2 Å². The second kappa shape index (κ2) is 6.64. The van der Waals surface area contributed by atoms with Crippen LogP contribution < -0.4 is 15.4 Å². The molecule has 1 aromatic carbocycles. The van der Waals surface area contributed by atoms with Crippen LogP contribution in [0.1, 0.15) is 6.92 Å². The van der Waals surface area contributed by atoms with Crippen molar-refractivity contribution in [2.24, 2.45) is 5.73 Å². The molecule has 0 unspecified atom stereocenters. The maximum Gasteiger partial charge on any atom is 0.275 e. The van der Waals surface area contributed by atoms with Gasteiger partial charge in [0.2, 0.25) is 10.0 Å². The van der Waals surface area contributed by atoms with Crippen LogP contribution in [-0.2, 0) is 14.8 Å².